The van der Waals surface area contributed by atoms with Crippen LogP contribution in [0.4, 0.5) is 4.39 Å². The maximum absolute atomic E-state index is 13.2. The van der Waals surface area contributed by atoms with E-state index in [9.17, 15) is 9.18 Å². The lowest BCUT2D eigenvalue weighted by atomic mass is 9.95. The van der Waals surface area contributed by atoms with Crippen LogP contribution in [-0.2, 0) is 4.79 Å². The van der Waals surface area contributed by atoms with Gasteiger partial charge >= 0.3 is 0 Å². The molecular weight excluding hydrogens is 373 g/mol. The van der Waals surface area contributed by atoms with Gasteiger partial charge in [0.05, 0.1) is 11.1 Å². The van der Waals surface area contributed by atoms with Gasteiger partial charge in [0.1, 0.15) is 24.8 Å². The van der Waals surface area contributed by atoms with Gasteiger partial charge in [0.15, 0.2) is 18.1 Å². The zero-order chi connectivity index (χ0) is 19.4. The zero-order valence-electron chi connectivity index (χ0n) is 15.1. The molecule has 5 nitrogen and oxygen atoms in total. The molecule has 27 heavy (non-hydrogen) atoms. The fraction of sp³-hybridized carbons (Fsp3) is 0.350. The molecule has 0 saturated heterocycles. The molecule has 144 valence electrons. The second kappa shape index (κ2) is 8.48. The molecule has 2 aromatic carbocycles. The molecule has 0 aliphatic carbocycles. The van der Waals surface area contributed by atoms with Crippen LogP contribution in [0.2, 0.25) is 5.02 Å². The number of rotatable bonds is 6. The van der Waals surface area contributed by atoms with Crippen molar-refractivity contribution in [2.24, 2.45) is 5.92 Å². The molecule has 1 heterocycles. The van der Waals surface area contributed by atoms with Gasteiger partial charge in [-0.05, 0) is 35.7 Å². The topological polar surface area (TPSA) is 56.8 Å². The Morgan fingerprint density at radius 3 is 2.63 bits per heavy atom. The second-order valence-corrected chi connectivity index (χ2v) is 6.96. The van der Waals surface area contributed by atoms with E-state index in [-0.39, 0.29) is 29.5 Å². The molecule has 1 aliphatic heterocycles. The number of ether oxygens (including phenoxy) is 3. The van der Waals surface area contributed by atoms with E-state index in [2.05, 4.69) is 5.32 Å². The second-order valence-electron chi connectivity index (χ2n) is 6.56. The lowest BCUT2D eigenvalue weighted by Gasteiger charge is -2.25. The number of amides is 1. The Balaban J connectivity index is 1.65. The van der Waals surface area contributed by atoms with Gasteiger partial charge in [-0.1, -0.05) is 31.5 Å². The van der Waals surface area contributed by atoms with Crippen LogP contribution < -0.4 is 19.5 Å². The smallest absolute Gasteiger partial charge is 0.258 e. The van der Waals surface area contributed by atoms with Crippen LogP contribution in [0.25, 0.3) is 0 Å². The van der Waals surface area contributed by atoms with Gasteiger partial charge in [0, 0.05) is 6.07 Å². The minimum Gasteiger partial charge on any atom is -0.486 e. The van der Waals surface area contributed by atoms with Gasteiger partial charge in [-0.2, -0.15) is 0 Å². The molecule has 0 radical (unpaired) electrons. The summed E-state index contributed by atoms with van der Waals surface area (Å²) in [6.07, 6.45) is 0. The first-order valence-corrected chi connectivity index (χ1v) is 9.08. The molecule has 1 N–H and O–H groups in total. The van der Waals surface area contributed by atoms with E-state index in [1.807, 2.05) is 32.0 Å². The Kier molecular flexibility index (Phi) is 6.06. The van der Waals surface area contributed by atoms with Crippen LogP contribution in [0, 0.1) is 11.7 Å². The third kappa shape index (κ3) is 4.83. The molecule has 3 rings (SSSR count). The third-order valence-electron chi connectivity index (χ3n) is 4.17. The SMILES string of the molecule is CC(C)[C@@H](NC(=O)COc1ccc(F)c(Cl)c1)c1ccc2c(c1)OCCO2. The van der Waals surface area contributed by atoms with E-state index < -0.39 is 5.82 Å². The van der Waals surface area contributed by atoms with Crippen molar-refractivity contribution in [2.75, 3.05) is 19.8 Å². The lowest BCUT2D eigenvalue weighted by molar-refractivity contribution is -0.124. The van der Waals surface area contributed by atoms with Crippen molar-refractivity contribution in [2.45, 2.75) is 19.9 Å². The largest absolute Gasteiger partial charge is 0.486 e. The monoisotopic (exact) mass is 393 g/mol. The standard InChI is InChI=1S/C20H21ClFNO4/c1-12(2)20(13-3-6-17-18(9-13)26-8-7-25-17)23-19(24)11-27-14-4-5-16(22)15(21)10-14/h3-6,9-10,12,20H,7-8,11H2,1-2H3,(H,23,24)/t20-/m1/s1. The summed E-state index contributed by atoms with van der Waals surface area (Å²) in [6, 6.07) is 9.40. The predicted octanol–water partition coefficient (Wildman–Crippen LogP) is 4.14. The highest BCUT2D eigenvalue weighted by molar-refractivity contribution is 6.30. The van der Waals surface area contributed by atoms with Crippen LogP contribution in [0.1, 0.15) is 25.5 Å². The number of nitrogens with one attached hydrogen (secondary N) is 1. The molecule has 7 heteroatoms. The summed E-state index contributed by atoms with van der Waals surface area (Å²) >= 11 is 5.72. The number of hydrogen-bond donors (Lipinski definition) is 1. The Labute approximate surface area is 162 Å². The first-order valence-electron chi connectivity index (χ1n) is 8.71. The van der Waals surface area contributed by atoms with Gasteiger partial charge in [0.25, 0.3) is 5.91 Å². The Hall–Kier alpha value is -2.47. The van der Waals surface area contributed by atoms with Crippen molar-refractivity contribution < 1.29 is 23.4 Å². The Morgan fingerprint density at radius 2 is 1.93 bits per heavy atom. The van der Waals surface area contributed by atoms with E-state index in [4.69, 9.17) is 25.8 Å². The first-order chi connectivity index (χ1) is 12.9. The van der Waals surface area contributed by atoms with Gasteiger partial charge in [-0.3, -0.25) is 4.79 Å². The molecule has 0 bridgehead atoms. The average Bonchev–Trinajstić information content (AvgIpc) is 2.66. The highest BCUT2D eigenvalue weighted by Crippen LogP contribution is 2.34. The molecule has 2 aromatic rings. The fourth-order valence-corrected chi connectivity index (χ4v) is 2.99. The number of benzene rings is 2. The molecule has 0 fully saturated rings. The molecule has 1 amide bonds. The highest BCUT2D eigenvalue weighted by atomic mass is 35.5. The quantitative estimate of drug-likeness (QED) is 0.801. The summed E-state index contributed by atoms with van der Waals surface area (Å²) in [5, 5.41) is 2.92. The van der Waals surface area contributed by atoms with Crippen LogP contribution in [-0.4, -0.2) is 25.7 Å². The van der Waals surface area contributed by atoms with Crippen molar-refractivity contribution in [1.29, 1.82) is 0 Å². The van der Waals surface area contributed by atoms with Gasteiger partial charge in [-0.15, -0.1) is 0 Å². The van der Waals surface area contributed by atoms with E-state index in [0.29, 0.717) is 30.5 Å². The van der Waals surface area contributed by atoms with E-state index in [1.54, 1.807) is 0 Å². The van der Waals surface area contributed by atoms with Gasteiger partial charge in [0.2, 0.25) is 0 Å². The zero-order valence-corrected chi connectivity index (χ0v) is 15.9. The molecular formula is C20H21ClFNO4. The third-order valence-corrected chi connectivity index (χ3v) is 4.46. The summed E-state index contributed by atoms with van der Waals surface area (Å²) in [5.41, 5.74) is 0.924. The highest BCUT2D eigenvalue weighted by Gasteiger charge is 2.21. The molecule has 0 saturated carbocycles. The molecule has 0 unspecified atom stereocenters. The molecule has 0 spiro atoms. The van der Waals surface area contributed by atoms with Crippen molar-refractivity contribution >= 4 is 17.5 Å². The number of halogens is 2. The van der Waals surface area contributed by atoms with Crippen LogP contribution in [0.5, 0.6) is 17.2 Å². The molecule has 1 aliphatic rings. The number of carbonyl (C=O) groups is 1. The van der Waals surface area contributed by atoms with Gasteiger partial charge < -0.3 is 19.5 Å². The van der Waals surface area contributed by atoms with Crippen LogP contribution in [0.15, 0.2) is 36.4 Å². The van der Waals surface area contributed by atoms with Crippen molar-refractivity contribution in [3.05, 3.63) is 52.8 Å². The maximum Gasteiger partial charge on any atom is 0.258 e. The van der Waals surface area contributed by atoms with E-state index in [0.717, 1.165) is 5.56 Å². The summed E-state index contributed by atoms with van der Waals surface area (Å²) < 4.78 is 29.7. The van der Waals surface area contributed by atoms with Crippen molar-refractivity contribution in [3.8, 4) is 17.2 Å². The minimum atomic E-state index is -0.535. The normalized spacial score (nSPS) is 14.0. The summed E-state index contributed by atoms with van der Waals surface area (Å²) in [7, 11) is 0. The van der Waals surface area contributed by atoms with Crippen molar-refractivity contribution in [3.63, 3.8) is 0 Å². The first kappa shape index (κ1) is 19.3. The molecule has 0 aromatic heterocycles. The maximum atomic E-state index is 13.2. The number of fused-ring (bicyclic) bond motifs is 1. The fourth-order valence-electron chi connectivity index (χ4n) is 2.82. The van der Waals surface area contributed by atoms with Crippen LogP contribution >= 0.6 is 11.6 Å². The van der Waals surface area contributed by atoms with Crippen LogP contribution in [0.3, 0.4) is 0 Å². The molecule has 1 atom stereocenters. The average molecular weight is 394 g/mol. The minimum absolute atomic E-state index is 0.0516. The van der Waals surface area contributed by atoms with Crippen molar-refractivity contribution in [1.82, 2.24) is 5.32 Å². The number of hydrogen-bond acceptors (Lipinski definition) is 4. The Morgan fingerprint density at radius 1 is 1.19 bits per heavy atom. The Bertz CT molecular complexity index is 828. The van der Waals surface area contributed by atoms with E-state index in [1.165, 1.54) is 18.2 Å². The lowest BCUT2D eigenvalue weighted by Crippen LogP contribution is -2.35. The van der Waals surface area contributed by atoms with E-state index >= 15 is 0 Å². The predicted molar refractivity (Wildman–Crippen MR) is 100 cm³/mol. The summed E-state index contributed by atoms with van der Waals surface area (Å²) in [4.78, 5) is 12.3. The summed E-state index contributed by atoms with van der Waals surface area (Å²) in [5.74, 6) is 1.04. The number of carbonyl (C=O) groups excluding carboxylic acids is 1. The van der Waals surface area contributed by atoms with Gasteiger partial charge in [-0.25, -0.2) is 4.39 Å². The summed E-state index contributed by atoms with van der Waals surface area (Å²) in [6.45, 7) is 4.87.